The fraction of sp³-hybridized carbons (Fsp3) is 0.368. The van der Waals surface area contributed by atoms with Crippen LogP contribution in [0.5, 0.6) is 0 Å². The van der Waals surface area contributed by atoms with Gasteiger partial charge in [-0.05, 0) is 48.6 Å². The van der Waals surface area contributed by atoms with E-state index in [4.69, 9.17) is 0 Å². The van der Waals surface area contributed by atoms with Crippen molar-refractivity contribution in [3.63, 3.8) is 0 Å². The lowest BCUT2D eigenvalue weighted by atomic mass is 9.87. The first-order valence-electron chi connectivity index (χ1n) is 8.29. The summed E-state index contributed by atoms with van der Waals surface area (Å²) in [6.45, 7) is 0.399. The summed E-state index contributed by atoms with van der Waals surface area (Å²) in [5, 5.41) is 2.93. The van der Waals surface area contributed by atoms with Gasteiger partial charge in [-0.15, -0.1) is 11.3 Å². The number of halogens is 1. The Bertz CT molecular complexity index is 783. The second kappa shape index (κ2) is 7.35. The third-order valence-electron chi connectivity index (χ3n) is 4.45. The number of hydrogen-bond donors (Lipinski definition) is 1. The van der Waals surface area contributed by atoms with Gasteiger partial charge in [-0.25, -0.2) is 4.39 Å². The average molecular weight is 360 g/mol. The van der Waals surface area contributed by atoms with Crippen molar-refractivity contribution < 1.29 is 14.0 Å². The van der Waals surface area contributed by atoms with Crippen LogP contribution in [0.3, 0.4) is 0 Å². The Morgan fingerprint density at radius 3 is 2.68 bits per heavy atom. The van der Waals surface area contributed by atoms with Crippen LogP contribution in [0, 0.1) is 11.7 Å². The molecule has 132 valence electrons. The number of nitrogens with one attached hydrogen (secondary N) is 1. The van der Waals surface area contributed by atoms with Crippen molar-refractivity contribution in [3.8, 4) is 0 Å². The Labute approximate surface area is 150 Å². The molecular weight excluding hydrogens is 339 g/mol. The van der Waals surface area contributed by atoms with Gasteiger partial charge in [0, 0.05) is 31.4 Å². The molecule has 1 aromatic heterocycles. The van der Waals surface area contributed by atoms with E-state index in [0.717, 1.165) is 28.8 Å². The predicted octanol–water partition coefficient (Wildman–Crippen LogP) is 3.01. The molecule has 1 unspecified atom stereocenters. The topological polar surface area (TPSA) is 49.4 Å². The third kappa shape index (κ3) is 4.07. The highest BCUT2D eigenvalue weighted by atomic mass is 32.1. The number of benzene rings is 1. The average Bonchev–Trinajstić information content (AvgIpc) is 3.03. The van der Waals surface area contributed by atoms with Gasteiger partial charge >= 0.3 is 0 Å². The predicted molar refractivity (Wildman–Crippen MR) is 96.1 cm³/mol. The van der Waals surface area contributed by atoms with Gasteiger partial charge in [-0.1, -0.05) is 12.1 Å². The lowest BCUT2D eigenvalue weighted by Gasteiger charge is -2.21. The van der Waals surface area contributed by atoms with Crippen molar-refractivity contribution in [2.45, 2.75) is 25.8 Å². The van der Waals surface area contributed by atoms with E-state index in [0.29, 0.717) is 13.0 Å². The molecule has 25 heavy (non-hydrogen) atoms. The molecule has 6 heteroatoms. The molecule has 1 atom stereocenters. The van der Waals surface area contributed by atoms with Gasteiger partial charge in [0.15, 0.2) is 0 Å². The number of carbonyl (C=O) groups excluding carboxylic acids is 2. The zero-order valence-corrected chi connectivity index (χ0v) is 15.2. The van der Waals surface area contributed by atoms with Crippen molar-refractivity contribution in [2.75, 3.05) is 14.1 Å². The fourth-order valence-electron chi connectivity index (χ4n) is 3.01. The summed E-state index contributed by atoms with van der Waals surface area (Å²) in [5.74, 6) is -0.335. The molecule has 0 saturated carbocycles. The molecule has 1 heterocycles. The number of thiophene rings is 1. The van der Waals surface area contributed by atoms with E-state index in [9.17, 15) is 14.0 Å². The number of aryl methyl sites for hydroxylation is 1. The maximum Gasteiger partial charge on any atom is 0.263 e. The van der Waals surface area contributed by atoms with Gasteiger partial charge in [0.2, 0.25) is 5.91 Å². The number of rotatable bonds is 4. The minimum Gasteiger partial charge on any atom is -0.352 e. The lowest BCUT2D eigenvalue weighted by Crippen LogP contribution is -2.33. The van der Waals surface area contributed by atoms with Gasteiger partial charge in [-0.2, -0.15) is 0 Å². The minimum absolute atomic E-state index is 0.0108. The Balaban J connectivity index is 1.61. The largest absolute Gasteiger partial charge is 0.352 e. The highest BCUT2D eigenvalue weighted by Gasteiger charge is 2.27. The Morgan fingerprint density at radius 2 is 2.00 bits per heavy atom. The van der Waals surface area contributed by atoms with E-state index in [-0.39, 0.29) is 23.5 Å². The van der Waals surface area contributed by atoms with Crippen molar-refractivity contribution in [1.82, 2.24) is 10.2 Å². The highest BCUT2D eigenvalue weighted by Crippen LogP contribution is 2.33. The zero-order chi connectivity index (χ0) is 18.0. The molecular formula is C19H21FN2O2S. The van der Waals surface area contributed by atoms with Gasteiger partial charge < -0.3 is 10.2 Å². The van der Waals surface area contributed by atoms with Crippen molar-refractivity contribution >= 4 is 23.2 Å². The molecule has 0 saturated heterocycles. The molecule has 1 aromatic carbocycles. The summed E-state index contributed by atoms with van der Waals surface area (Å²) in [6, 6.07) is 8.06. The molecule has 0 aliphatic heterocycles. The van der Waals surface area contributed by atoms with Crippen LogP contribution in [0.2, 0.25) is 0 Å². The Morgan fingerprint density at radius 1 is 1.28 bits per heavy atom. The summed E-state index contributed by atoms with van der Waals surface area (Å²) in [5.41, 5.74) is 1.99. The lowest BCUT2D eigenvalue weighted by molar-refractivity contribution is -0.125. The first kappa shape index (κ1) is 17.6. The summed E-state index contributed by atoms with van der Waals surface area (Å²) >= 11 is 1.54. The molecule has 2 amide bonds. The molecule has 0 fully saturated rings. The zero-order valence-electron chi connectivity index (χ0n) is 14.3. The van der Waals surface area contributed by atoms with Gasteiger partial charge in [0.25, 0.3) is 5.91 Å². The highest BCUT2D eigenvalue weighted by molar-refractivity contribution is 7.14. The van der Waals surface area contributed by atoms with Crippen LogP contribution in [-0.4, -0.2) is 30.8 Å². The van der Waals surface area contributed by atoms with Crippen LogP contribution in [0.1, 0.15) is 32.1 Å². The fourth-order valence-corrected chi connectivity index (χ4v) is 4.24. The number of amides is 2. The second-order valence-electron chi connectivity index (χ2n) is 6.54. The van der Waals surface area contributed by atoms with E-state index in [1.165, 1.54) is 28.3 Å². The van der Waals surface area contributed by atoms with E-state index in [2.05, 4.69) is 5.32 Å². The Kier molecular flexibility index (Phi) is 5.18. The number of nitrogens with zero attached hydrogens (tertiary/aromatic N) is 1. The van der Waals surface area contributed by atoms with Crippen LogP contribution in [0.25, 0.3) is 0 Å². The molecule has 3 rings (SSSR count). The normalized spacial score (nSPS) is 16.2. The molecule has 1 N–H and O–H groups in total. The molecule has 1 aliphatic carbocycles. The number of hydrogen-bond acceptors (Lipinski definition) is 3. The molecule has 1 aliphatic rings. The Hall–Kier alpha value is -2.21. The SMILES string of the molecule is CN(C)C(=O)c1cc2c(s1)CCC(C(=O)NCc1ccc(F)cc1)C2. The van der Waals surface area contributed by atoms with Gasteiger partial charge in [0.05, 0.1) is 4.88 Å². The maximum absolute atomic E-state index is 12.9. The standard InChI is InChI=1S/C19H21FN2O2S/c1-22(2)19(24)17-10-14-9-13(5-8-16(14)25-17)18(23)21-11-12-3-6-15(20)7-4-12/h3-4,6-7,10,13H,5,8-9,11H2,1-2H3,(H,21,23). The summed E-state index contributed by atoms with van der Waals surface area (Å²) in [6.07, 6.45) is 2.29. The summed E-state index contributed by atoms with van der Waals surface area (Å²) in [4.78, 5) is 28.1. The van der Waals surface area contributed by atoms with Crippen LogP contribution >= 0.6 is 11.3 Å². The molecule has 2 aromatic rings. The molecule has 0 bridgehead atoms. The van der Waals surface area contributed by atoms with Crippen LogP contribution < -0.4 is 5.32 Å². The smallest absolute Gasteiger partial charge is 0.263 e. The van der Waals surface area contributed by atoms with Crippen LogP contribution in [0.15, 0.2) is 30.3 Å². The molecule has 4 nitrogen and oxygen atoms in total. The second-order valence-corrected chi connectivity index (χ2v) is 7.68. The van der Waals surface area contributed by atoms with E-state index >= 15 is 0 Å². The van der Waals surface area contributed by atoms with Crippen molar-refractivity contribution in [2.24, 2.45) is 5.92 Å². The van der Waals surface area contributed by atoms with Crippen LogP contribution in [0.4, 0.5) is 4.39 Å². The van der Waals surface area contributed by atoms with E-state index in [1.54, 1.807) is 31.1 Å². The van der Waals surface area contributed by atoms with Gasteiger partial charge in [-0.3, -0.25) is 9.59 Å². The van der Waals surface area contributed by atoms with Crippen molar-refractivity contribution in [3.05, 3.63) is 57.0 Å². The first-order chi connectivity index (χ1) is 11.9. The van der Waals surface area contributed by atoms with Gasteiger partial charge in [0.1, 0.15) is 5.82 Å². The summed E-state index contributed by atoms with van der Waals surface area (Å²) in [7, 11) is 3.49. The minimum atomic E-state index is -0.282. The summed E-state index contributed by atoms with van der Waals surface area (Å²) < 4.78 is 12.9. The van der Waals surface area contributed by atoms with E-state index in [1.807, 2.05) is 6.07 Å². The third-order valence-corrected chi connectivity index (χ3v) is 5.68. The van der Waals surface area contributed by atoms with Crippen LogP contribution in [-0.2, 0) is 24.2 Å². The quantitative estimate of drug-likeness (QED) is 0.911. The first-order valence-corrected chi connectivity index (χ1v) is 9.11. The number of carbonyl (C=O) groups is 2. The van der Waals surface area contributed by atoms with E-state index < -0.39 is 0 Å². The van der Waals surface area contributed by atoms with Crippen molar-refractivity contribution in [1.29, 1.82) is 0 Å². The number of fused-ring (bicyclic) bond motifs is 1. The molecule has 0 spiro atoms. The molecule has 0 radical (unpaired) electrons. The monoisotopic (exact) mass is 360 g/mol. The maximum atomic E-state index is 12.9.